The van der Waals surface area contributed by atoms with Gasteiger partial charge in [-0.1, -0.05) is 0 Å². The van der Waals surface area contributed by atoms with Crippen molar-refractivity contribution in [1.29, 1.82) is 0 Å². The fraction of sp³-hybridized carbons (Fsp3) is 0.385. The van der Waals surface area contributed by atoms with Crippen LogP contribution in [0.2, 0.25) is 0 Å². The molecule has 2 amide bonds. The standard InChI is InChI=1S/C13H13BrF2N2O4/c14-9-2-1-8(10(15)11(9)16)12(20)18-4-3-17(13(21)22)5-7(18)6-19/h1-2,7,19H,3-6H2,(H,21,22). The quantitative estimate of drug-likeness (QED) is 0.764. The monoisotopic (exact) mass is 378 g/mol. The van der Waals surface area contributed by atoms with E-state index in [4.69, 9.17) is 5.11 Å². The Morgan fingerprint density at radius 2 is 1.95 bits per heavy atom. The van der Waals surface area contributed by atoms with Gasteiger partial charge in [0.05, 0.1) is 22.7 Å². The molecule has 6 nitrogen and oxygen atoms in total. The first-order valence-corrected chi connectivity index (χ1v) is 7.19. The summed E-state index contributed by atoms with van der Waals surface area (Å²) in [6.45, 7) is -0.528. The topological polar surface area (TPSA) is 81.1 Å². The van der Waals surface area contributed by atoms with Crippen LogP contribution in [-0.2, 0) is 0 Å². The van der Waals surface area contributed by atoms with Gasteiger partial charge in [0.25, 0.3) is 5.91 Å². The maximum Gasteiger partial charge on any atom is 0.407 e. The minimum Gasteiger partial charge on any atom is -0.465 e. The minimum atomic E-state index is -1.28. The number of piperazine rings is 1. The Bertz CT molecular complexity index is 614. The minimum absolute atomic E-state index is 0.00647. The number of hydrogen-bond acceptors (Lipinski definition) is 3. The highest BCUT2D eigenvalue weighted by atomic mass is 79.9. The average molecular weight is 379 g/mol. The van der Waals surface area contributed by atoms with Crippen LogP contribution in [0.5, 0.6) is 0 Å². The molecule has 2 rings (SSSR count). The predicted octanol–water partition coefficient (Wildman–Crippen LogP) is 1.52. The van der Waals surface area contributed by atoms with E-state index in [0.29, 0.717) is 0 Å². The van der Waals surface area contributed by atoms with E-state index in [1.807, 2.05) is 0 Å². The molecule has 1 aliphatic heterocycles. The van der Waals surface area contributed by atoms with Gasteiger partial charge in [0.1, 0.15) is 0 Å². The number of nitrogens with zero attached hydrogens (tertiary/aromatic N) is 2. The molecule has 1 unspecified atom stereocenters. The molecule has 0 spiro atoms. The molecule has 1 atom stereocenters. The zero-order valence-electron chi connectivity index (χ0n) is 11.3. The van der Waals surface area contributed by atoms with E-state index in [1.165, 1.54) is 6.07 Å². The van der Waals surface area contributed by atoms with Crippen LogP contribution in [0.3, 0.4) is 0 Å². The number of carboxylic acid groups (broad SMARTS) is 1. The van der Waals surface area contributed by atoms with Gasteiger partial charge in [-0.05, 0) is 28.1 Å². The smallest absolute Gasteiger partial charge is 0.407 e. The second kappa shape index (κ2) is 6.57. The lowest BCUT2D eigenvalue weighted by atomic mass is 10.1. The summed E-state index contributed by atoms with van der Waals surface area (Å²) < 4.78 is 27.3. The summed E-state index contributed by atoms with van der Waals surface area (Å²) in [5.41, 5.74) is -0.456. The Hall–Kier alpha value is -1.74. The second-order valence-corrected chi connectivity index (χ2v) is 5.64. The first-order chi connectivity index (χ1) is 10.4. The molecule has 1 aliphatic rings. The van der Waals surface area contributed by atoms with Crippen LogP contribution in [0.15, 0.2) is 16.6 Å². The van der Waals surface area contributed by atoms with E-state index >= 15 is 0 Å². The Labute approximate surface area is 133 Å². The fourth-order valence-corrected chi connectivity index (χ4v) is 2.60. The van der Waals surface area contributed by atoms with Crippen molar-refractivity contribution in [3.05, 3.63) is 33.8 Å². The molecular weight excluding hydrogens is 366 g/mol. The third-order valence-corrected chi connectivity index (χ3v) is 4.10. The molecule has 0 aromatic heterocycles. The molecule has 1 saturated heterocycles. The van der Waals surface area contributed by atoms with Gasteiger partial charge >= 0.3 is 6.09 Å². The molecule has 1 heterocycles. The predicted molar refractivity (Wildman–Crippen MR) is 75.6 cm³/mol. The molecular formula is C13H13BrF2N2O4. The summed E-state index contributed by atoms with van der Waals surface area (Å²) in [7, 11) is 0. The molecule has 0 radical (unpaired) electrons. The lowest BCUT2D eigenvalue weighted by Crippen LogP contribution is -2.57. The van der Waals surface area contributed by atoms with Crippen molar-refractivity contribution in [1.82, 2.24) is 9.80 Å². The van der Waals surface area contributed by atoms with Crippen LogP contribution in [0.4, 0.5) is 13.6 Å². The van der Waals surface area contributed by atoms with Crippen LogP contribution in [0.1, 0.15) is 10.4 Å². The van der Waals surface area contributed by atoms with Crippen molar-refractivity contribution in [3.63, 3.8) is 0 Å². The van der Waals surface area contributed by atoms with Gasteiger partial charge in [-0.25, -0.2) is 13.6 Å². The van der Waals surface area contributed by atoms with E-state index in [0.717, 1.165) is 15.9 Å². The second-order valence-electron chi connectivity index (χ2n) is 4.79. The van der Waals surface area contributed by atoms with Gasteiger partial charge in [0.2, 0.25) is 0 Å². The number of aliphatic hydroxyl groups excluding tert-OH is 1. The van der Waals surface area contributed by atoms with Crippen LogP contribution in [0.25, 0.3) is 0 Å². The van der Waals surface area contributed by atoms with Gasteiger partial charge in [0, 0.05) is 19.6 Å². The van der Waals surface area contributed by atoms with E-state index in [-0.39, 0.29) is 24.1 Å². The summed E-state index contributed by atoms with van der Waals surface area (Å²) in [5, 5.41) is 18.3. The average Bonchev–Trinajstić information content (AvgIpc) is 2.51. The number of aliphatic hydroxyl groups is 1. The van der Waals surface area contributed by atoms with E-state index in [9.17, 15) is 23.5 Å². The molecule has 120 valence electrons. The number of carbonyl (C=O) groups is 2. The summed E-state index contributed by atoms with van der Waals surface area (Å²) >= 11 is 2.82. The van der Waals surface area contributed by atoms with Crippen LogP contribution in [0, 0.1) is 11.6 Å². The fourth-order valence-electron chi connectivity index (χ4n) is 2.30. The van der Waals surface area contributed by atoms with E-state index in [2.05, 4.69) is 15.9 Å². The number of amides is 2. The van der Waals surface area contributed by atoms with Crippen molar-refractivity contribution in [2.24, 2.45) is 0 Å². The summed E-state index contributed by atoms with van der Waals surface area (Å²) in [5.74, 6) is -3.24. The Kier molecular flexibility index (Phi) is 4.97. The number of hydrogen-bond donors (Lipinski definition) is 2. The molecule has 9 heteroatoms. The molecule has 1 fully saturated rings. The van der Waals surface area contributed by atoms with E-state index in [1.54, 1.807) is 0 Å². The Morgan fingerprint density at radius 1 is 1.27 bits per heavy atom. The van der Waals surface area contributed by atoms with Crippen molar-refractivity contribution in [2.45, 2.75) is 6.04 Å². The maximum absolute atomic E-state index is 13.9. The number of halogens is 3. The summed E-state index contributed by atoms with van der Waals surface area (Å²) in [4.78, 5) is 25.5. The largest absolute Gasteiger partial charge is 0.465 e. The lowest BCUT2D eigenvalue weighted by Gasteiger charge is -2.39. The van der Waals surface area contributed by atoms with E-state index < -0.39 is 41.8 Å². The summed E-state index contributed by atoms with van der Waals surface area (Å²) in [6.07, 6.45) is -1.16. The Balaban J connectivity index is 2.26. The first kappa shape index (κ1) is 16.6. The maximum atomic E-state index is 13.9. The molecule has 0 bridgehead atoms. The molecule has 22 heavy (non-hydrogen) atoms. The Morgan fingerprint density at radius 3 is 2.55 bits per heavy atom. The third-order valence-electron chi connectivity index (χ3n) is 3.49. The van der Waals surface area contributed by atoms with Crippen molar-refractivity contribution in [3.8, 4) is 0 Å². The van der Waals surface area contributed by atoms with Crippen LogP contribution < -0.4 is 0 Å². The number of benzene rings is 1. The molecule has 0 aliphatic carbocycles. The highest BCUT2D eigenvalue weighted by Gasteiger charge is 2.34. The normalized spacial score (nSPS) is 18.5. The molecule has 1 aromatic carbocycles. The van der Waals surface area contributed by atoms with Crippen molar-refractivity contribution in [2.75, 3.05) is 26.2 Å². The summed E-state index contributed by atoms with van der Waals surface area (Å²) in [6, 6.07) is 1.55. The van der Waals surface area contributed by atoms with Gasteiger partial charge < -0.3 is 20.0 Å². The zero-order chi connectivity index (χ0) is 16.4. The highest BCUT2D eigenvalue weighted by Crippen LogP contribution is 2.23. The van der Waals surface area contributed by atoms with Crippen LogP contribution in [-0.4, -0.2) is 64.3 Å². The highest BCUT2D eigenvalue weighted by molar-refractivity contribution is 9.10. The van der Waals surface area contributed by atoms with Crippen molar-refractivity contribution < 1.29 is 28.6 Å². The van der Waals surface area contributed by atoms with Gasteiger partial charge in [-0.2, -0.15) is 0 Å². The van der Waals surface area contributed by atoms with Gasteiger partial charge in [0.15, 0.2) is 11.6 Å². The zero-order valence-corrected chi connectivity index (χ0v) is 12.9. The van der Waals surface area contributed by atoms with Crippen molar-refractivity contribution >= 4 is 27.9 Å². The first-order valence-electron chi connectivity index (χ1n) is 6.40. The number of carbonyl (C=O) groups excluding carboxylic acids is 1. The van der Waals surface area contributed by atoms with Gasteiger partial charge in [-0.3, -0.25) is 4.79 Å². The lowest BCUT2D eigenvalue weighted by molar-refractivity contribution is 0.0306. The molecule has 2 N–H and O–H groups in total. The molecule has 0 saturated carbocycles. The SMILES string of the molecule is O=C(O)N1CCN(C(=O)c2ccc(Br)c(F)c2F)C(CO)C1. The van der Waals surface area contributed by atoms with Gasteiger partial charge in [-0.15, -0.1) is 0 Å². The van der Waals surface area contributed by atoms with Crippen LogP contribution >= 0.6 is 15.9 Å². The third kappa shape index (κ3) is 3.05. The number of rotatable bonds is 2. The molecule has 1 aromatic rings.